The summed E-state index contributed by atoms with van der Waals surface area (Å²) in [7, 11) is -2.76. The van der Waals surface area contributed by atoms with E-state index in [2.05, 4.69) is 31.2 Å². The number of nitrogens with zero attached hydrogens (tertiary/aromatic N) is 1. The highest BCUT2D eigenvalue weighted by Gasteiger charge is 2.42. The fourth-order valence-electron chi connectivity index (χ4n) is 4.93. The number of ether oxygens (including phenoxy) is 2. The molecule has 1 aromatic heterocycles. The molecule has 0 saturated heterocycles. The summed E-state index contributed by atoms with van der Waals surface area (Å²) in [6.45, 7) is 0.859. The molecule has 8 N–H and O–H groups in total. The molecule has 1 amide bonds. The maximum atomic E-state index is 13.1. The standard InChI is InChI=1S/C28H33N7O9S/c1-43-26(38)19(22(45(40,41)42)15-6-4-3-5-7-15)12-20(27(39)44-2)33-24(36)16-8-10-17(11-9-16)30-13-18-14-31-23-21(32-18)25(37)35-28(29)34-23/h3-11,18-20,22,30,32H,12-14H2,1-2H3,(H,33,36)(H,40,41,42)(H4,29,31,34,35,37)/t18-,19?,20?,22-/m1/s1. The van der Waals surface area contributed by atoms with Crippen LogP contribution in [-0.2, 0) is 29.2 Å². The number of rotatable bonds is 12. The number of aromatic amines is 1. The molecule has 16 nitrogen and oxygen atoms in total. The third-order valence-electron chi connectivity index (χ3n) is 7.10. The van der Waals surface area contributed by atoms with Gasteiger partial charge < -0.3 is 36.5 Å². The number of aromatic nitrogens is 2. The molecule has 240 valence electrons. The highest BCUT2D eigenvalue weighted by Crippen LogP contribution is 2.34. The normalized spacial score (nSPS) is 16.0. The lowest BCUT2D eigenvalue weighted by Gasteiger charge is -2.27. The van der Waals surface area contributed by atoms with Crippen molar-refractivity contribution in [2.75, 3.05) is 49.0 Å². The quantitative estimate of drug-likeness (QED) is 0.106. The Labute approximate surface area is 257 Å². The summed E-state index contributed by atoms with van der Waals surface area (Å²) < 4.78 is 44.5. The van der Waals surface area contributed by atoms with Crippen LogP contribution in [0.5, 0.6) is 0 Å². The van der Waals surface area contributed by atoms with Gasteiger partial charge in [0.15, 0.2) is 5.82 Å². The predicted molar refractivity (Wildman–Crippen MR) is 164 cm³/mol. The number of nitrogen functional groups attached to an aromatic ring is 1. The number of fused-ring (bicyclic) bond motifs is 1. The lowest BCUT2D eigenvalue weighted by atomic mass is 9.91. The van der Waals surface area contributed by atoms with E-state index in [-0.39, 0.29) is 28.8 Å². The van der Waals surface area contributed by atoms with E-state index in [9.17, 15) is 32.1 Å². The topological polar surface area (TPSA) is 244 Å². The van der Waals surface area contributed by atoms with Crippen LogP contribution in [0.3, 0.4) is 0 Å². The third-order valence-corrected chi connectivity index (χ3v) is 8.34. The fourth-order valence-corrected chi connectivity index (χ4v) is 6.07. The van der Waals surface area contributed by atoms with Gasteiger partial charge in [0.2, 0.25) is 5.95 Å². The summed E-state index contributed by atoms with van der Waals surface area (Å²) in [4.78, 5) is 57.2. The minimum atomic E-state index is -4.87. The molecule has 2 unspecified atom stereocenters. The Hall–Kier alpha value is -5.16. The molecule has 1 aliphatic heterocycles. The van der Waals surface area contributed by atoms with Gasteiger partial charge in [0.25, 0.3) is 21.6 Å². The summed E-state index contributed by atoms with van der Waals surface area (Å²) in [6.07, 6.45) is -0.555. The van der Waals surface area contributed by atoms with E-state index in [1.165, 1.54) is 36.4 Å². The van der Waals surface area contributed by atoms with E-state index >= 15 is 0 Å². The summed E-state index contributed by atoms with van der Waals surface area (Å²) in [5.74, 6) is -3.88. The molecule has 4 rings (SSSR count). The van der Waals surface area contributed by atoms with Crippen molar-refractivity contribution in [2.24, 2.45) is 5.92 Å². The maximum absolute atomic E-state index is 13.1. The molecule has 0 radical (unpaired) electrons. The first-order valence-electron chi connectivity index (χ1n) is 13.6. The van der Waals surface area contributed by atoms with Crippen molar-refractivity contribution >= 4 is 51.1 Å². The smallest absolute Gasteiger partial charge is 0.328 e. The number of amides is 1. The molecular weight excluding hydrogens is 610 g/mol. The number of methoxy groups -OCH3 is 2. The second kappa shape index (κ2) is 14.1. The molecule has 1 aliphatic rings. The summed E-state index contributed by atoms with van der Waals surface area (Å²) >= 11 is 0. The Kier molecular flexibility index (Phi) is 10.2. The molecule has 3 aromatic rings. The zero-order valence-electron chi connectivity index (χ0n) is 24.3. The fraction of sp³-hybridized carbons (Fsp3) is 0.321. The van der Waals surface area contributed by atoms with Crippen LogP contribution >= 0.6 is 0 Å². The van der Waals surface area contributed by atoms with Crippen LogP contribution in [0.25, 0.3) is 0 Å². The predicted octanol–water partition coefficient (Wildman–Crippen LogP) is 0.750. The van der Waals surface area contributed by atoms with E-state index in [0.717, 1.165) is 14.2 Å². The Morgan fingerprint density at radius 2 is 1.73 bits per heavy atom. The number of carbonyl (C=O) groups is 3. The summed E-state index contributed by atoms with van der Waals surface area (Å²) in [6, 6.07) is 12.1. The first-order chi connectivity index (χ1) is 21.4. The average Bonchev–Trinajstić information content (AvgIpc) is 3.02. The van der Waals surface area contributed by atoms with Crippen molar-refractivity contribution in [3.8, 4) is 0 Å². The minimum absolute atomic E-state index is 0.00410. The molecule has 4 atom stereocenters. The van der Waals surface area contributed by atoms with Crippen LogP contribution < -0.4 is 32.6 Å². The Morgan fingerprint density at radius 1 is 1.07 bits per heavy atom. The van der Waals surface area contributed by atoms with Gasteiger partial charge in [-0.1, -0.05) is 30.3 Å². The molecule has 0 spiro atoms. The Bertz CT molecular complexity index is 1700. The third kappa shape index (κ3) is 8.07. The van der Waals surface area contributed by atoms with Crippen molar-refractivity contribution in [3.63, 3.8) is 0 Å². The first-order valence-corrected chi connectivity index (χ1v) is 15.1. The van der Waals surface area contributed by atoms with Gasteiger partial charge in [-0.25, -0.2) is 4.79 Å². The molecular formula is C28H33N7O9S. The summed E-state index contributed by atoms with van der Waals surface area (Å²) in [5.41, 5.74) is 6.34. The van der Waals surface area contributed by atoms with Crippen LogP contribution in [0, 0.1) is 5.92 Å². The zero-order chi connectivity index (χ0) is 32.7. The van der Waals surface area contributed by atoms with Crippen molar-refractivity contribution in [3.05, 3.63) is 76.1 Å². The highest BCUT2D eigenvalue weighted by molar-refractivity contribution is 7.86. The number of esters is 2. The van der Waals surface area contributed by atoms with Crippen LogP contribution in [0.2, 0.25) is 0 Å². The number of nitrogens with one attached hydrogen (secondary N) is 5. The Morgan fingerprint density at radius 3 is 2.36 bits per heavy atom. The van der Waals surface area contributed by atoms with Gasteiger partial charge in [0, 0.05) is 24.3 Å². The van der Waals surface area contributed by atoms with Crippen molar-refractivity contribution in [2.45, 2.75) is 23.8 Å². The molecule has 0 aliphatic carbocycles. The van der Waals surface area contributed by atoms with Gasteiger partial charge in [0.05, 0.1) is 26.2 Å². The van der Waals surface area contributed by atoms with Gasteiger partial charge in [-0.3, -0.25) is 23.9 Å². The van der Waals surface area contributed by atoms with Crippen molar-refractivity contribution in [1.82, 2.24) is 15.3 Å². The van der Waals surface area contributed by atoms with Crippen molar-refractivity contribution in [1.29, 1.82) is 0 Å². The van der Waals surface area contributed by atoms with E-state index in [1.54, 1.807) is 18.2 Å². The number of nitrogens with two attached hydrogens (primary N) is 1. The molecule has 2 aromatic carbocycles. The number of hydrogen-bond acceptors (Lipinski definition) is 13. The second-order valence-corrected chi connectivity index (χ2v) is 11.7. The number of anilines is 4. The first kappa shape index (κ1) is 32.7. The number of carbonyl (C=O) groups excluding carboxylic acids is 3. The van der Waals surface area contributed by atoms with Crippen LogP contribution in [0.4, 0.5) is 23.1 Å². The maximum Gasteiger partial charge on any atom is 0.328 e. The Balaban J connectivity index is 1.45. The highest BCUT2D eigenvalue weighted by atomic mass is 32.2. The molecule has 0 bridgehead atoms. The molecule has 0 fully saturated rings. The lowest BCUT2D eigenvalue weighted by Crippen LogP contribution is -2.45. The van der Waals surface area contributed by atoms with E-state index in [4.69, 9.17) is 15.2 Å². The SMILES string of the molecule is COC(=O)C(CC(C(=O)OC)[C@@H](c1ccccc1)S(=O)(=O)O)NC(=O)c1ccc(NC[C@@H]2CNc3nc(N)[nH]c(=O)c3N2)cc1. The monoisotopic (exact) mass is 643 g/mol. The molecule has 45 heavy (non-hydrogen) atoms. The minimum Gasteiger partial charge on any atom is -0.469 e. The molecule has 2 heterocycles. The average molecular weight is 644 g/mol. The van der Waals surface area contributed by atoms with Gasteiger partial charge in [-0.05, 0) is 36.2 Å². The number of hydrogen-bond donors (Lipinski definition) is 7. The number of H-pyrrole nitrogens is 1. The second-order valence-electron chi connectivity index (χ2n) is 10.1. The van der Waals surface area contributed by atoms with Gasteiger partial charge in [-0.2, -0.15) is 13.4 Å². The van der Waals surface area contributed by atoms with Crippen molar-refractivity contribution < 1.29 is 36.8 Å². The number of benzene rings is 2. The largest absolute Gasteiger partial charge is 0.469 e. The molecule has 17 heteroatoms. The van der Waals surface area contributed by atoms with Crippen LogP contribution in [0.15, 0.2) is 59.4 Å². The van der Waals surface area contributed by atoms with E-state index < -0.39 is 57.2 Å². The van der Waals surface area contributed by atoms with E-state index in [1.807, 2.05) is 0 Å². The lowest BCUT2D eigenvalue weighted by molar-refractivity contribution is -0.148. The van der Waals surface area contributed by atoms with Crippen LogP contribution in [-0.4, -0.2) is 80.2 Å². The van der Waals surface area contributed by atoms with Gasteiger partial charge in [-0.15, -0.1) is 0 Å². The van der Waals surface area contributed by atoms with Crippen LogP contribution in [0.1, 0.15) is 27.6 Å². The zero-order valence-corrected chi connectivity index (χ0v) is 25.1. The summed E-state index contributed by atoms with van der Waals surface area (Å²) in [5, 5.41) is 10.1. The molecule has 0 saturated carbocycles. The van der Waals surface area contributed by atoms with E-state index in [0.29, 0.717) is 24.6 Å². The van der Waals surface area contributed by atoms with Gasteiger partial charge in [0.1, 0.15) is 17.0 Å². The van der Waals surface area contributed by atoms with Gasteiger partial charge >= 0.3 is 11.9 Å².